The van der Waals surface area contributed by atoms with Crippen molar-refractivity contribution in [2.75, 3.05) is 0 Å². The summed E-state index contributed by atoms with van der Waals surface area (Å²) in [6.07, 6.45) is 1.02. The molecule has 0 aliphatic heterocycles. The number of rotatable bonds is 7. The fourth-order valence-corrected chi connectivity index (χ4v) is 2.75. The highest BCUT2D eigenvalue weighted by Gasteiger charge is 2.18. The lowest BCUT2D eigenvalue weighted by atomic mass is 9.92. The van der Waals surface area contributed by atoms with E-state index in [1.165, 1.54) is 0 Å². The zero-order chi connectivity index (χ0) is 17.5. The molecule has 0 aliphatic carbocycles. The van der Waals surface area contributed by atoms with Crippen molar-refractivity contribution in [3.63, 3.8) is 0 Å². The normalized spacial score (nSPS) is 11.7. The van der Waals surface area contributed by atoms with Gasteiger partial charge in [0.05, 0.1) is 5.92 Å². The maximum atomic E-state index is 11.6. The Morgan fingerprint density at radius 3 is 1.76 bits per heavy atom. The molecule has 1 atom stereocenters. The van der Waals surface area contributed by atoms with Gasteiger partial charge in [-0.05, 0) is 48.2 Å². The zero-order valence-corrected chi connectivity index (χ0v) is 13.8. The average Bonchev–Trinajstić information content (AvgIpc) is 2.64. The SMILES string of the molecule is O=C(O)C(Cc1ccccc1)Cc1ccc(Oc2ccccc2)cc1. The van der Waals surface area contributed by atoms with E-state index in [-0.39, 0.29) is 0 Å². The Morgan fingerprint density at radius 1 is 0.720 bits per heavy atom. The van der Waals surface area contributed by atoms with Crippen molar-refractivity contribution in [1.82, 2.24) is 0 Å². The molecular formula is C22H20O3. The topological polar surface area (TPSA) is 46.5 Å². The second-order valence-electron chi connectivity index (χ2n) is 5.99. The lowest BCUT2D eigenvalue weighted by Crippen LogP contribution is -2.19. The van der Waals surface area contributed by atoms with Gasteiger partial charge in [-0.1, -0.05) is 60.7 Å². The molecule has 1 unspecified atom stereocenters. The van der Waals surface area contributed by atoms with E-state index >= 15 is 0 Å². The molecule has 0 bridgehead atoms. The highest BCUT2D eigenvalue weighted by molar-refractivity contribution is 5.71. The van der Waals surface area contributed by atoms with Crippen molar-refractivity contribution < 1.29 is 14.6 Å². The lowest BCUT2D eigenvalue weighted by Gasteiger charge is -2.13. The molecule has 0 aliphatic rings. The van der Waals surface area contributed by atoms with Crippen LogP contribution in [0.5, 0.6) is 11.5 Å². The molecule has 25 heavy (non-hydrogen) atoms. The molecule has 3 heteroatoms. The van der Waals surface area contributed by atoms with Gasteiger partial charge in [0, 0.05) is 0 Å². The summed E-state index contributed by atoms with van der Waals surface area (Å²) in [7, 11) is 0. The second kappa shape index (κ2) is 8.15. The first kappa shape index (κ1) is 16.8. The molecule has 0 aromatic heterocycles. The first-order chi connectivity index (χ1) is 12.2. The third-order valence-corrected chi connectivity index (χ3v) is 4.06. The van der Waals surface area contributed by atoms with Crippen molar-refractivity contribution in [3.8, 4) is 11.5 Å². The lowest BCUT2D eigenvalue weighted by molar-refractivity contribution is -0.141. The molecule has 0 spiro atoms. The molecule has 1 N–H and O–H groups in total. The number of carboxylic acids is 1. The maximum Gasteiger partial charge on any atom is 0.307 e. The van der Waals surface area contributed by atoms with Gasteiger partial charge >= 0.3 is 5.97 Å². The van der Waals surface area contributed by atoms with Gasteiger partial charge in [0.15, 0.2) is 0 Å². The van der Waals surface area contributed by atoms with Crippen LogP contribution in [-0.4, -0.2) is 11.1 Å². The minimum absolute atomic E-state index is 0.441. The average molecular weight is 332 g/mol. The summed E-state index contributed by atoms with van der Waals surface area (Å²) >= 11 is 0. The van der Waals surface area contributed by atoms with Gasteiger partial charge in [0.1, 0.15) is 11.5 Å². The summed E-state index contributed by atoms with van der Waals surface area (Å²) in [5.74, 6) is 0.310. The molecular weight excluding hydrogens is 312 g/mol. The molecule has 3 aromatic rings. The van der Waals surface area contributed by atoms with Gasteiger partial charge < -0.3 is 9.84 Å². The van der Waals surface area contributed by atoms with E-state index in [0.29, 0.717) is 12.8 Å². The van der Waals surface area contributed by atoms with Crippen molar-refractivity contribution in [2.24, 2.45) is 5.92 Å². The summed E-state index contributed by atoms with van der Waals surface area (Å²) in [4.78, 5) is 11.6. The monoisotopic (exact) mass is 332 g/mol. The van der Waals surface area contributed by atoms with Crippen LogP contribution in [0.1, 0.15) is 11.1 Å². The molecule has 0 heterocycles. The third kappa shape index (κ3) is 4.95. The number of ether oxygens (including phenoxy) is 1. The van der Waals surface area contributed by atoms with Gasteiger partial charge in [-0.3, -0.25) is 4.79 Å². The Hall–Kier alpha value is -3.07. The van der Waals surface area contributed by atoms with Crippen LogP contribution in [-0.2, 0) is 17.6 Å². The summed E-state index contributed by atoms with van der Waals surface area (Å²) in [5.41, 5.74) is 2.03. The number of hydrogen-bond acceptors (Lipinski definition) is 2. The highest BCUT2D eigenvalue weighted by atomic mass is 16.5. The molecule has 3 rings (SSSR count). The Kier molecular flexibility index (Phi) is 5.47. The number of carbonyl (C=O) groups is 1. The van der Waals surface area contributed by atoms with Crippen LogP contribution in [0.3, 0.4) is 0 Å². The fourth-order valence-electron chi connectivity index (χ4n) is 2.75. The summed E-state index contributed by atoms with van der Waals surface area (Å²) < 4.78 is 5.77. The summed E-state index contributed by atoms with van der Waals surface area (Å²) in [5, 5.41) is 9.52. The highest BCUT2D eigenvalue weighted by Crippen LogP contribution is 2.23. The predicted molar refractivity (Wildman–Crippen MR) is 97.9 cm³/mol. The van der Waals surface area contributed by atoms with Gasteiger partial charge in [0.2, 0.25) is 0 Å². The van der Waals surface area contributed by atoms with E-state index in [0.717, 1.165) is 22.6 Å². The standard InChI is InChI=1S/C22H20O3/c23-22(24)19(15-17-7-3-1-4-8-17)16-18-11-13-21(14-12-18)25-20-9-5-2-6-10-20/h1-14,19H,15-16H2,(H,23,24). The molecule has 0 saturated carbocycles. The van der Waals surface area contributed by atoms with Crippen molar-refractivity contribution in [1.29, 1.82) is 0 Å². The Labute approximate surface area is 147 Å². The largest absolute Gasteiger partial charge is 0.481 e. The van der Waals surface area contributed by atoms with Crippen LogP contribution in [0.25, 0.3) is 0 Å². The number of benzene rings is 3. The van der Waals surface area contributed by atoms with E-state index in [1.807, 2.05) is 84.9 Å². The Balaban J connectivity index is 1.65. The maximum absolute atomic E-state index is 11.6. The number of hydrogen-bond donors (Lipinski definition) is 1. The van der Waals surface area contributed by atoms with Crippen LogP contribution >= 0.6 is 0 Å². The molecule has 0 amide bonds. The zero-order valence-electron chi connectivity index (χ0n) is 13.8. The summed E-state index contributed by atoms with van der Waals surface area (Å²) in [6, 6.07) is 26.9. The number of carboxylic acid groups (broad SMARTS) is 1. The van der Waals surface area contributed by atoms with Crippen LogP contribution in [0.2, 0.25) is 0 Å². The van der Waals surface area contributed by atoms with E-state index in [1.54, 1.807) is 0 Å². The van der Waals surface area contributed by atoms with Crippen LogP contribution in [0.15, 0.2) is 84.9 Å². The van der Waals surface area contributed by atoms with Gasteiger partial charge in [-0.15, -0.1) is 0 Å². The fraction of sp³-hybridized carbons (Fsp3) is 0.136. The smallest absolute Gasteiger partial charge is 0.307 e. The van der Waals surface area contributed by atoms with Crippen LogP contribution < -0.4 is 4.74 Å². The summed E-state index contributed by atoms with van der Waals surface area (Å²) in [6.45, 7) is 0. The van der Waals surface area contributed by atoms with Crippen LogP contribution in [0, 0.1) is 5.92 Å². The molecule has 0 fully saturated rings. The minimum atomic E-state index is -0.770. The Bertz CT molecular complexity index is 796. The Morgan fingerprint density at radius 2 is 1.20 bits per heavy atom. The molecule has 126 valence electrons. The molecule has 0 radical (unpaired) electrons. The molecule has 0 saturated heterocycles. The quantitative estimate of drug-likeness (QED) is 0.665. The molecule has 3 nitrogen and oxygen atoms in total. The second-order valence-corrected chi connectivity index (χ2v) is 5.99. The van der Waals surface area contributed by atoms with Crippen molar-refractivity contribution >= 4 is 5.97 Å². The first-order valence-corrected chi connectivity index (χ1v) is 8.29. The van der Waals surface area contributed by atoms with E-state index in [2.05, 4.69) is 0 Å². The van der Waals surface area contributed by atoms with Gasteiger partial charge in [0.25, 0.3) is 0 Å². The van der Waals surface area contributed by atoms with E-state index in [4.69, 9.17) is 4.74 Å². The van der Waals surface area contributed by atoms with Crippen LogP contribution in [0.4, 0.5) is 0 Å². The van der Waals surface area contributed by atoms with Gasteiger partial charge in [-0.25, -0.2) is 0 Å². The predicted octanol–water partition coefficient (Wildman–Crippen LogP) is 4.96. The van der Waals surface area contributed by atoms with E-state index in [9.17, 15) is 9.90 Å². The number of para-hydroxylation sites is 1. The minimum Gasteiger partial charge on any atom is -0.481 e. The third-order valence-electron chi connectivity index (χ3n) is 4.06. The van der Waals surface area contributed by atoms with Crippen molar-refractivity contribution in [3.05, 3.63) is 96.1 Å². The first-order valence-electron chi connectivity index (χ1n) is 8.29. The molecule has 3 aromatic carbocycles. The van der Waals surface area contributed by atoms with Gasteiger partial charge in [-0.2, -0.15) is 0 Å². The van der Waals surface area contributed by atoms with E-state index < -0.39 is 11.9 Å². The number of aliphatic carboxylic acids is 1. The van der Waals surface area contributed by atoms with Crippen molar-refractivity contribution in [2.45, 2.75) is 12.8 Å².